The van der Waals surface area contributed by atoms with Gasteiger partial charge in [-0.3, -0.25) is 4.79 Å². The van der Waals surface area contributed by atoms with Gasteiger partial charge in [0.15, 0.2) is 0 Å². The van der Waals surface area contributed by atoms with E-state index in [1.807, 2.05) is 13.8 Å². The summed E-state index contributed by atoms with van der Waals surface area (Å²) >= 11 is 5.33. The lowest BCUT2D eigenvalue weighted by atomic mass is 10.1. The zero-order chi connectivity index (χ0) is 8.85. The molecule has 0 aliphatic rings. The van der Waals surface area contributed by atoms with Crippen molar-refractivity contribution in [3.63, 3.8) is 0 Å². The molecule has 3 nitrogen and oxygen atoms in total. The van der Waals surface area contributed by atoms with Crippen LogP contribution in [0.25, 0.3) is 0 Å². The van der Waals surface area contributed by atoms with E-state index in [4.69, 9.17) is 11.8 Å². The monoisotopic (exact) mass is 179 g/mol. The van der Waals surface area contributed by atoms with Crippen LogP contribution in [0.15, 0.2) is 0 Å². The van der Waals surface area contributed by atoms with Crippen LogP contribution in [-0.2, 0) is 9.53 Å². The highest BCUT2D eigenvalue weighted by molar-refractivity contribution is 6.14. The number of nitrogens with one attached hydrogen (secondary N) is 1. The lowest BCUT2D eigenvalue weighted by Crippen LogP contribution is -2.33. The second-order valence-corrected chi connectivity index (χ2v) is 3.03. The molecule has 11 heavy (non-hydrogen) atoms. The van der Waals surface area contributed by atoms with Crippen LogP contribution in [0.5, 0.6) is 0 Å². The number of ether oxygens (including phenoxy) is 1. The first-order valence-corrected chi connectivity index (χ1v) is 3.93. The van der Waals surface area contributed by atoms with Crippen LogP contribution >= 0.6 is 11.8 Å². The van der Waals surface area contributed by atoms with E-state index in [1.165, 1.54) is 7.11 Å². The molecule has 0 saturated heterocycles. The molecule has 4 heteroatoms. The minimum absolute atomic E-state index is 0.311. The van der Waals surface area contributed by atoms with E-state index in [-0.39, 0.29) is 12.0 Å². The SMILES string of the molecule is COC(=O)C(CC(C)C)NCl. The van der Waals surface area contributed by atoms with Crippen LogP contribution < -0.4 is 4.84 Å². The molecule has 0 fully saturated rings. The van der Waals surface area contributed by atoms with Gasteiger partial charge in [-0.25, -0.2) is 4.84 Å². The molecule has 0 radical (unpaired) electrons. The molecule has 66 valence electrons. The predicted octanol–water partition coefficient (Wildman–Crippen LogP) is 1.32. The summed E-state index contributed by atoms with van der Waals surface area (Å²) in [5, 5.41) is 0. The van der Waals surface area contributed by atoms with Gasteiger partial charge in [-0.15, -0.1) is 0 Å². The summed E-state index contributed by atoms with van der Waals surface area (Å²) in [7, 11) is 1.35. The van der Waals surface area contributed by atoms with Crippen molar-refractivity contribution in [2.45, 2.75) is 26.3 Å². The van der Waals surface area contributed by atoms with Crippen molar-refractivity contribution in [1.29, 1.82) is 0 Å². The Hall–Kier alpha value is -0.280. The van der Waals surface area contributed by atoms with Crippen molar-refractivity contribution in [3.05, 3.63) is 0 Å². The van der Waals surface area contributed by atoms with E-state index >= 15 is 0 Å². The van der Waals surface area contributed by atoms with Gasteiger partial charge in [0, 0.05) is 0 Å². The largest absolute Gasteiger partial charge is 0.468 e. The summed E-state index contributed by atoms with van der Waals surface area (Å²) in [6, 6.07) is -0.387. The third-order valence-corrected chi connectivity index (χ3v) is 1.59. The highest BCUT2D eigenvalue weighted by atomic mass is 35.5. The first-order valence-electron chi connectivity index (χ1n) is 3.55. The fourth-order valence-corrected chi connectivity index (χ4v) is 0.977. The molecule has 0 aromatic rings. The summed E-state index contributed by atoms with van der Waals surface area (Å²) in [5.41, 5.74) is 0. The fraction of sp³-hybridized carbons (Fsp3) is 0.857. The smallest absolute Gasteiger partial charge is 0.324 e. The third kappa shape index (κ3) is 4.22. The molecule has 0 aromatic heterocycles. The number of rotatable bonds is 4. The van der Waals surface area contributed by atoms with Crippen molar-refractivity contribution >= 4 is 17.7 Å². The van der Waals surface area contributed by atoms with E-state index in [0.717, 1.165) is 0 Å². The van der Waals surface area contributed by atoms with Gasteiger partial charge in [0.2, 0.25) is 0 Å². The van der Waals surface area contributed by atoms with E-state index in [9.17, 15) is 4.79 Å². The minimum Gasteiger partial charge on any atom is -0.468 e. The fourth-order valence-electron chi connectivity index (χ4n) is 0.799. The van der Waals surface area contributed by atoms with E-state index < -0.39 is 0 Å². The molecular weight excluding hydrogens is 166 g/mol. The number of carbonyl (C=O) groups excluding carboxylic acids is 1. The highest BCUT2D eigenvalue weighted by Crippen LogP contribution is 2.06. The van der Waals surface area contributed by atoms with Crippen LogP contribution in [0.1, 0.15) is 20.3 Å². The Labute approximate surface area is 72.2 Å². The van der Waals surface area contributed by atoms with Crippen molar-refractivity contribution in [2.24, 2.45) is 5.92 Å². The molecule has 1 atom stereocenters. The zero-order valence-electron chi connectivity index (χ0n) is 7.06. The molecule has 0 saturated carbocycles. The Morgan fingerprint density at radius 1 is 1.64 bits per heavy atom. The van der Waals surface area contributed by atoms with Gasteiger partial charge >= 0.3 is 5.97 Å². The van der Waals surface area contributed by atoms with Crippen LogP contribution in [0, 0.1) is 5.92 Å². The van der Waals surface area contributed by atoms with Crippen LogP contribution in [0.4, 0.5) is 0 Å². The average molecular weight is 180 g/mol. The summed E-state index contributed by atoms with van der Waals surface area (Å²) < 4.78 is 4.52. The highest BCUT2D eigenvalue weighted by Gasteiger charge is 2.18. The van der Waals surface area contributed by atoms with Crippen molar-refractivity contribution in [3.8, 4) is 0 Å². The molecule has 0 aliphatic carbocycles. The van der Waals surface area contributed by atoms with E-state index in [1.54, 1.807) is 0 Å². The van der Waals surface area contributed by atoms with Gasteiger partial charge in [-0.1, -0.05) is 13.8 Å². The first-order chi connectivity index (χ1) is 5.11. The summed E-state index contributed by atoms with van der Waals surface area (Å²) in [6.45, 7) is 4.04. The van der Waals surface area contributed by atoms with Crippen LogP contribution in [0.2, 0.25) is 0 Å². The molecular formula is C7H14ClNO2. The number of hydrogen-bond donors (Lipinski definition) is 1. The standard InChI is InChI=1S/C7H14ClNO2/c1-5(2)4-6(9-8)7(10)11-3/h5-6,9H,4H2,1-3H3. The molecule has 0 bridgehead atoms. The summed E-state index contributed by atoms with van der Waals surface area (Å²) in [5.74, 6) is 0.110. The Morgan fingerprint density at radius 2 is 2.18 bits per heavy atom. The Morgan fingerprint density at radius 3 is 2.45 bits per heavy atom. The van der Waals surface area contributed by atoms with Crippen molar-refractivity contribution in [2.75, 3.05) is 7.11 Å². The number of carbonyl (C=O) groups is 1. The summed E-state index contributed by atoms with van der Waals surface area (Å²) in [6.07, 6.45) is 0.691. The lowest BCUT2D eigenvalue weighted by Gasteiger charge is -2.13. The molecule has 1 N–H and O–H groups in total. The number of halogens is 1. The molecule has 0 aliphatic heterocycles. The maximum atomic E-state index is 10.9. The maximum Gasteiger partial charge on any atom is 0.324 e. The molecule has 0 aromatic carbocycles. The molecule has 0 spiro atoms. The zero-order valence-corrected chi connectivity index (χ0v) is 7.81. The second kappa shape index (κ2) is 5.38. The van der Waals surface area contributed by atoms with E-state index in [0.29, 0.717) is 12.3 Å². The van der Waals surface area contributed by atoms with Crippen LogP contribution in [0.3, 0.4) is 0 Å². The Balaban J connectivity index is 3.84. The van der Waals surface area contributed by atoms with Gasteiger partial charge in [0.1, 0.15) is 6.04 Å². The van der Waals surface area contributed by atoms with Crippen molar-refractivity contribution < 1.29 is 9.53 Å². The second-order valence-electron chi connectivity index (χ2n) is 2.81. The summed E-state index contributed by atoms with van der Waals surface area (Å²) in [4.78, 5) is 13.3. The Bertz CT molecular complexity index is 128. The number of esters is 1. The Kier molecular flexibility index (Phi) is 5.24. The number of methoxy groups -OCH3 is 1. The van der Waals surface area contributed by atoms with E-state index in [2.05, 4.69) is 9.57 Å². The van der Waals surface area contributed by atoms with Crippen LogP contribution in [-0.4, -0.2) is 19.1 Å². The topological polar surface area (TPSA) is 38.3 Å². The molecule has 0 amide bonds. The number of hydrogen-bond acceptors (Lipinski definition) is 3. The van der Waals surface area contributed by atoms with Crippen molar-refractivity contribution in [1.82, 2.24) is 4.84 Å². The van der Waals surface area contributed by atoms with Gasteiger partial charge in [0.25, 0.3) is 0 Å². The predicted molar refractivity (Wildman–Crippen MR) is 44.2 cm³/mol. The van der Waals surface area contributed by atoms with Gasteiger partial charge < -0.3 is 4.74 Å². The van der Waals surface area contributed by atoms with Gasteiger partial charge in [0.05, 0.1) is 7.11 Å². The maximum absolute atomic E-state index is 10.9. The quantitative estimate of drug-likeness (QED) is 0.523. The lowest BCUT2D eigenvalue weighted by molar-refractivity contribution is -0.143. The molecule has 0 heterocycles. The third-order valence-electron chi connectivity index (χ3n) is 1.32. The average Bonchev–Trinajstić information content (AvgIpc) is 1.98. The molecule has 0 rings (SSSR count). The molecule has 1 unspecified atom stereocenters. The normalized spacial score (nSPS) is 13.2. The minimum atomic E-state index is -0.387. The van der Waals surface area contributed by atoms with Gasteiger partial charge in [-0.05, 0) is 24.1 Å². The first kappa shape index (κ1) is 10.7. The van der Waals surface area contributed by atoms with Gasteiger partial charge in [-0.2, -0.15) is 0 Å².